The molecule has 1 fully saturated rings. The van der Waals surface area contributed by atoms with Gasteiger partial charge in [-0.1, -0.05) is 37.6 Å². The Hall–Kier alpha value is -2.73. The standard InChI is InChI=1S/C23H28ClN3O3/c1-3-17-5-8-19(9-6-17)30-16-22(28)25-20-15-18(24)7-10-21(20)26-11-13-27(14-12-26)23(29)4-2/h5-10,15H,3-4,11-14,16H2,1-2H3,(H,25,28). The number of aryl methyl sites for hydroxylation is 1. The number of benzene rings is 2. The van der Waals surface area contributed by atoms with Crippen molar-refractivity contribution in [3.8, 4) is 5.75 Å². The van der Waals surface area contributed by atoms with Gasteiger partial charge in [0.05, 0.1) is 11.4 Å². The number of ether oxygens (including phenoxy) is 1. The minimum atomic E-state index is -0.252. The summed E-state index contributed by atoms with van der Waals surface area (Å²) in [5.74, 6) is 0.576. The fourth-order valence-corrected chi connectivity index (χ4v) is 3.63. The van der Waals surface area contributed by atoms with Crippen molar-refractivity contribution >= 4 is 34.8 Å². The molecule has 160 valence electrons. The van der Waals surface area contributed by atoms with Crippen molar-refractivity contribution in [2.24, 2.45) is 0 Å². The van der Waals surface area contributed by atoms with Crippen LogP contribution in [0.25, 0.3) is 0 Å². The van der Waals surface area contributed by atoms with Gasteiger partial charge in [-0.3, -0.25) is 9.59 Å². The van der Waals surface area contributed by atoms with Crippen molar-refractivity contribution in [1.29, 1.82) is 0 Å². The van der Waals surface area contributed by atoms with Crippen LogP contribution in [-0.4, -0.2) is 49.5 Å². The zero-order valence-corrected chi connectivity index (χ0v) is 18.2. The molecule has 0 bridgehead atoms. The molecular formula is C23H28ClN3O3. The Kier molecular flexibility index (Phi) is 7.57. The van der Waals surface area contributed by atoms with Gasteiger partial charge in [0.1, 0.15) is 5.75 Å². The molecule has 0 spiro atoms. The van der Waals surface area contributed by atoms with Crippen LogP contribution < -0.4 is 15.0 Å². The lowest BCUT2D eigenvalue weighted by atomic mass is 10.2. The van der Waals surface area contributed by atoms with E-state index in [1.54, 1.807) is 6.07 Å². The van der Waals surface area contributed by atoms with Crippen molar-refractivity contribution < 1.29 is 14.3 Å². The maximum absolute atomic E-state index is 12.5. The number of amides is 2. The number of hydrogen-bond acceptors (Lipinski definition) is 4. The summed E-state index contributed by atoms with van der Waals surface area (Å²) in [5, 5.41) is 3.46. The van der Waals surface area contributed by atoms with Gasteiger partial charge in [-0.25, -0.2) is 0 Å². The van der Waals surface area contributed by atoms with E-state index in [2.05, 4.69) is 17.1 Å². The number of anilines is 2. The summed E-state index contributed by atoms with van der Waals surface area (Å²) in [5.41, 5.74) is 2.76. The topological polar surface area (TPSA) is 61.9 Å². The molecule has 2 amide bonds. The summed E-state index contributed by atoms with van der Waals surface area (Å²) in [6, 6.07) is 13.2. The molecule has 0 aromatic heterocycles. The molecule has 7 heteroatoms. The van der Waals surface area contributed by atoms with Crippen LogP contribution >= 0.6 is 11.6 Å². The van der Waals surface area contributed by atoms with E-state index in [1.807, 2.05) is 48.2 Å². The summed E-state index contributed by atoms with van der Waals surface area (Å²) in [4.78, 5) is 28.4. The third-order valence-electron chi connectivity index (χ3n) is 5.21. The predicted octanol–water partition coefficient (Wildman–Crippen LogP) is 3.98. The quantitative estimate of drug-likeness (QED) is 0.723. The Morgan fingerprint density at radius 3 is 2.37 bits per heavy atom. The van der Waals surface area contributed by atoms with Crippen molar-refractivity contribution in [3.63, 3.8) is 0 Å². The van der Waals surface area contributed by atoms with Crippen molar-refractivity contribution in [2.45, 2.75) is 26.7 Å². The number of carbonyl (C=O) groups excluding carboxylic acids is 2. The highest BCUT2D eigenvalue weighted by Gasteiger charge is 2.22. The zero-order valence-electron chi connectivity index (χ0n) is 17.5. The smallest absolute Gasteiger partial charge is 0.262 e. The van der Waals surface area contributed by atoms with E-state index in [0.29, 0.717) is 49.1 Å². The number of nitrogens with zero attached hydrogens (tertiary/aromatic N) is 2. The molecule has 1 aliphatic rings. The maximum atomic E-state index is 12.5. The summed E-state index contributed by atoms with van der Waals surface area (Å²) in [6.45, 7) is 6.62. The summed E-state index contributed by atoms with van der Waals surface area (Å²) in [7, 11) is 0. The first kappa shape index (κ1) is 22.0. The lowest BCUT2D eigenvalue weighted by molar-refractivity contribution is -0.131. The van der Waals surface area contributed by atoms with Gasteiger partial charge >= 0.3 is 0 Å². The third kappa shape index (κ3) is 5.66. The molecule has 1 N–H and O–H groups in total. The number of halogens is 1. The number of hydrogen-bond donors (Lipinski definition) is 1. The maximum Gasteiger partial charge on any atom is 0.262 e. The Balaban J connectivity index is 1.62. The molecule has 0 saturated carbocycles. The van der Waals surface area contributed by atoms with Crippen LogP contribution in [0, 0.1) is 0 Å². The molecule has 6 nitrogen and oxygen atoms in total. The molecule has 0 aliphatic carbocycles. The van der Waals surface area contributed by atoms with E-state index < -0.39 is 0 Å². The first-order valence-electron chi connectivity index (χ1n) is 10.3. The first-order chi connectivity index (χ1) is 14.5. The highest BCUT2D eigenvalue weighted by atomic mass is 35.5. The molecule has 1 heterocycles. The normalized spacial score (nSPS) is 13.8. The SMILES string of the molecule is CCC(=O)N1CCN(c2ccc(Cl)cc2NC(=O)COc2ccc(CC)cc2)CC1. The number of nitrogens with one attached hydrogen (secondary N) is 1. The Labute approximate surface area is 182 Å². The molecule has 3 rings (SSSR count). The van der Waals surface area contributed by atoms with Gasteiger partial charge in [0.2, 0.25) is 5.91 Å². The zero-order chi connectivity index (χ0) is 21.5. The van der Waals surface area contributed by atoms with E-state index in [1.165, 1.54) is 5.56 Å². The predicted molar refractivity (Wildman–Crippen MR) is 120 cm³/mol. The minimum Gasteiger partial charge on any atom is -0.484 e. The van der Waals surface area contributed by atoms with Gasteiger partial charge in [0.25, 0.3) is 5.91 Å². The monoisotopic (exact) mass is 429 g/mol. The Morgan fingerprint density at radius 1 is 1.03 bits per heavy atom. The molecule has 1 saturated heterocycles. The van der Waals surface area contributed by atoms with E-state index in [4.69, 9.17) is 16.3 Å². The minimum absolute atomic E-state index is 0.0871. The molecule has 0 unspecified atom stereocenters. The van der Waals surface area contributed by atoms with Crippen LogP contribution in [0.1, 0.15) is 25.8 Å². The molecular weight excluding hydrogens is 402 g/mol. The Morgan fingerprint density at radius 2 is 1.73 bits per heavy atom. The van der Waals surface area contributed by atoms with Gasteiger partial charge < -0.3 is 19.9 Å². The second-order valence-electron chi connectivity index (χ2n) is 7.22. The first-order valence-corrected chi connectivity index (χ1v) is 10.7. The van der Waals surface area contributed by atoms with Gasteiger partial charge in [-0.05, 0) is 42.3 Å². The Bertz CT molecular complexity index is 878. The molecule has 2 aromatic rings. The summed E-state index contributed by atoms with van der Waals surface area (Å²) < 4.78 is 5.61. The largest absolute Gasteiger partial charge is 0.484 e. The highest BCUT2D eigenvalue weighted by Crippen LogP contribution is 2.30. The number of rotatable bonds is 7. The fraction of sp³-hybridized carbons (Fsp3) is 0.391. The average Bonchev–Trinajstić information content (AvgIpc) is 2.78. The van der Waals surface area contributed by atoms with E-state index in [9.17, 15) is 9.59 Å². The third-order valence-corrected chi connectivity index (χ3v) is 5.44. The van der Waals surface area contributed by atoms with Crippen LogP contribution in [0.2, 0.25) is 5.02 Å². The average molecular weight is 430 g/mol. The second-order valence-corrected chi connectivity index (χ2v) is 7.65. The van der Waals surface area contributed by atoms with Gasteiger partial charge in [-0.15, -0.1) is 0 Å². The van der Waals surface area contributed by atoms with Crippen molar-refractivity contribution in [1.82, 2.24) is 4.90 Å². The van der Waals surface area contributed by atoms with E-state index >= 15 is 0 Å². The van der Waals surface area contributed by atoms with Crippen LogP contribution in [0.4, 0.5) is 11.4 Å². The summed E-state index contributed by atoms with van der Waals surface area (Å²) >= 11 is 6.17. The highest BCUT2D eigenvalue weighted by molar-refractivity contribution is 6.31. The fourth-order valence-electron chi connectivity index (χ4n) is 3.46. The van der Waals surface area contributed by atoms with Crippen molar-refractivity contribution in [2.75, 3.05) is 43.0 Å². The van der Waals surface area contributed by atoms with Crippen LogP contribution in [-0.2, 0) is 16.0 Å². The number of piperazine rings is 1. The van der Waals surface area contributed by atoms with Gasteiger partial charge in [0, 0.05) is 37.6 Å². The molecule has 0 radical (unpaired) electrons. The van der Waals surface area contributed by atoms with Gasteiger partial charge in [-0.2, -0.15) is 0 Å². The molecule has 2 aromatic carbocycles. The number of carbonyl (C=O) groups is 2. The van der Waals surface area contributed by atoms with Crippen LogP contribution in [0.5, 0.6) is 5.75 Å². The lowest BCUT2D eigenvalue weighted by Gasteiger charge is -2.37. The van der Waals surface area contributed by atoms with E-state index in [0.717, 1.165) is 12.1 Å². The summed E-state index contributed by atoms with van der Waals surface area (Å²) in [6.07, 6.45) is 1.47. The van der Waals surface area contributed by atoms with Crippen LogP contribution in [0.3, 0.4) is 0 Å². The second kappa shape index (κ2) is 10.3. The molecule has 1 aliphatic heterocycles. The lowest BCUT2D eigenvalue weighted by Crippen LogP contribution is -2.48. The van der Waals surface area contributed by atoms with E-state index in [-0.39, 0.29) is 18.4 Å². The molecule has 0 atom stereocenters. The van der Waals surface area contributed by atoms with Gasteiger partial charge in [0.15, 0.2) is 6.61 Å². The van der Waals surface area contributed by atoms with Crippen LogP contribution in [0.15, 0.2) is 42.5 Å². The van der Waals surface area contributed by atoms with Crippen molar-refractivity contribution in [3.05, 3.63) is 53.1 Å². The molecule has 30 heavy (non-hydrogen) atoms.